The van der Waals surface area contributed by atoms with Crippen LogP contribution in [-0.4, -0.2) is 54.4 Å². The quantitative estimate of drug-likeness (QED) is 0.619. The zero-order valence-corrected chi connectivity index (χ0v) is 16.5. The van der Waals surface area contributed by atoms with Gasteiger partial charge in [0.15, 0.2) is 0 Å². The number of fused-ring (bicyclic) bond motifs is 2. The van der Waals surface area contributed by atoms with Crippen LogP contribution >= 0.6 is 0 Å². The molecule has 1 N–H and O–H groups in total. The van der Waals surface area contributed by atoms with E-state index in [1.807, 2.05) is 0 Å². The molecule has 3 aromatic rings. The molecule has 3 atom stereocenters. The number of alkyl halides is 3. The molecule has 32 heavy (non-hydrogen) atoms. The first kappa shape index (κ1) is 20.3. The lowest BCUT2D eigenvalue weighted by Gasteiger charge is -2.34. The lowest BCUT2D eigenvalue weighted by Crippen LogP contribution is -2.48. The highest BCUT2D eigenvalue weighted by Crippen LogP contribution is 2.40. The molecule has 2 bridgehead atoms. The van der Waals surface area contributed by atoms with Crippen LogP contribution in [0.4, 0.5) is 23.5 Å². The normalized spacial score (nSPS) is 22.4. The molecule has 1 saturated carbocycles. The lowest BCUT2D eigenvalue weighted by atomic mass is 10.0. The Morgan fingerprint density at radius 1 is 1.09 bits per heavy atom. The Bertz CT molecular complexity index is 1130. The van der Waals surface area contributed by atoms with Crippen molar-refractivity contribution in [2.75, 3.05) is 11.9 Å². The summed E-state index contributed by atoms with van der Waals surface area (Å²) in [6.07, 6.45) is 1.31. The van der Waals surface area contributed by atoms with Crippen LogP contribution in [-0.2, 0) is 6.18 Å². The summed E-state index contributed by atoms with van der Waals surface area (Å²) in [5, 5.41) is 11.1. The van der Waals surface area contributed by atoms with Gasteiger partial charge in [-0.2, -0.15) is 28.2 Å². The molecule has 5 rings (SSSR count). The van der Waals surface area contributed by atoms with Crippen LogP contribution in [0.5, 0.6) is 0 Å². The Balaban J connectivity index is 1.37. The molecule has 8 nitrogen and oxygen atoms in total. The first-order chi connectivity index (χ1) is 15.3. The van der Waals surface area contributed by atoms with E-state index in [1.54, 1.807) is 4.90 Å². The monoisotopic (exact) mass is 447 g/mol. The van der Waals surface area contributed by atoms with Crippen molar-refractivity contribution in [1.29, 1.82) is 0 Å². The van der Waals surface area contributed by atoms with Gasteiger partial charge in [0.25, 0.3) is 5.91 Å². The van der Waals surface area contributed by atoms with Gasteiger partial charge in [-0.05, 0) is 37.0 Å². The van der Waals surface area contributed by atoms with Crippen molar-refractivity contribution >= 4 is 11.9 Å². The zero-order valence-electron chi connectivity index (χ0n) is 16.5. The van der Waals surface area contributed by atoms with Crippen molar-refractivity contribution < 1.29 is 22.4 Å². The van der Waals surface area contributed by atoms with E-state index in [0.29, 0.717) is 12.2 Å². The Hall–Kier alpha value is -3.57. The van der Waals surface area contributed by atoms with Gasteiger partial charge in [0, 0.05) is 25.0 Å². The summed E-state index contributed by atoms with van der Waals surface area (Å²) in [5.74, 6) is -0.628. The van der Waals surface area contributed by atoms with Gasteiger partial charge in [0.05, 0.1) is 35.2 Å². The smallest absolute Gasteiger partial charge is 0.349 e. The average Bonchev–Trinajstić information content (AvgIpc) is 3.50. The molecular formula is C20H17F4N7O. The number of likely N-dealkylation sites (tertiary alicyclic amines) is 1. The van der Waals surface area contributed by atoms with Crippen LogP contribution in [0.15, 0.2) is 43.0 Å². The van der Waals surface area contributed by atoms with E-state index >= 15 is 0 Å². The molecule has 3 unspecified atom stereocenters. The predicted octanol–water partition coefficient (Wildman–Crippen LogP) is 2.93. The SMILES string of the molecule is O=C(c1cc(F)ccc1-n1nccn1)N1CC2CC(Nc3ncc(C(F)(F)F)cn3)C1C2. The Morgan fingerprint density at radius 3 is 2.47 bits per heavy atom. The molecule has 1 aliphatic carbocycles. The Kier molecular flexibility index (Phi) is 4.79. The number of piperidine rings is 1. The highest BCUT2D eigenvalue weighted by atomic mass is 19.4. The molecule has 2 aromatic heterocycles. The highest BCUT2D eigenvalue weighted by molar-refractivity contribution is 5.98. The number of anilines is 1. The van der Waals surface area contributed by atoms with Crippen LogP contribution in [0.1, 0.15) is 28.8 Å². The summed E-state index contributed by atoms with van der Waals surface area (Å²) in [6.45, 7) is 0.512. The summed E-state index contributed by atoms with van der Waals surface area (Å²) in [4.78, 5) is 23.8. The standard InChI is InChI=1S/C20H17F4N7O/c21-13-1-2-16(31-27-3-4-28-31)14(7-13)18(32)30-10-11-5-15(17(30)6-11)29-19-25-8-12(9-26-19)20(22,23)24/h1-4,7-9,11,15,17H,5-6,10H2,(H,25,26,29). The predicted molar refractivity (Wildman–Crippen MR) is 103 cm³/mol. The first-order valence-corrected chi connectivity index (χ1v) is 9.92. The number of nitrogens with one attached hydrogen (secondary N) is 1. The van der Waals surface area contributed by atoms with Gasteiger partial charge in [-0.15, -0.1) is 0 Å². The van der Waals surface area contributed by atoms with E-state index in [4.69, 9.17) is 0 Å². The fraction of sp³-hybridized carbons (Fsp3) is 0.350. The van der Waals surface area contributed by atoms with E-state index in [0.717, 1.165) is 31.3 Å². The molecule has 3 heterocycles. The third-order valence-corrected chi connectivity index (χ3v) is 5.86. The molecule has 1 saturated heterocycles. The Labute approximate surface area is 179 Å². The molecule has 1 aromatic carbocycles. The molecule has 0 spiro atoms. The lowest BCUT2D eigenvalue weighted by molar-refractivity contribution is -0.138. The van der Waals surface area contributed by atoms with Crippen LogP contribution in [0.2, 0.25) is 0 Å². The van der Waals surface area contributed by atoms with Gasteiger partial charge in [-0.1, -0.05) is 0 Å². The van der Waals surface area contributed by atoms with Gasteiger partial charge in [-0.25, -0.2) is 14.4 Å². The van der Waals surface area contributed by atoms with Gasteiger partial charge < -0.3 is 10.2 Å². The van der Waals surface area contributed by atoms with Crippen LogP contribution in [0, 0.1) is 11.7 Å². The van der Waals surface area contributed by atoms with Crippen molar-refractivity contribution in [1.82, 2.24) is 29.9 Å². The summed E-state index contributed by atoms with van der Waals surface area (Å²) in [5.41, 5.74) is -0.434. The van der Waals surface area contributed by atoms with E-state index in [-0.39, 0.29) is 35.4 Å². The van der Waals surface area contributed by atoms with E-state index in [2.05, 4.69) is 25.5 Å². The number of hydrogen-bond donors (Lipinski definition) is 1. The number of rotatable bonds is 4. The number of hydrogen-bond acceptors (Lipinski definition) is 6. The molecule has 12 heteroatoms. The number of halogens is 4. The molecule has 0 radical (unpaired) electrons. The number of aromatic nitrogens is 5. The molecule has 166 valence electrons. The van der Waals surface area contributed by atoms with Crippen molar-refractivity contribution in [2.45, 2.75) is 31.1 Å². The molecule has 1 amide bonds. The van der Waals surface area contributed by atoms with Gasteiger partial charge in [0.1, 0.15) is 5.82 Å². The maximum atomic E-state index is 14.0. The number of carbonyl (C=O) groups is 1. The minimum absolute atomic E-state index is 0.0649. The molecule has 2 fully saturated rings. The Morgan fingerprint density at radius 2 is 1.81 bits per heavy atom. The maximum absolute atomic E-state index is 14.0. The summed E-state index contributed by atoms with van der Waals surface area (Å²) >= 11 is 0. The molecule has 1 aliphatic heterocycles. The molecular weight excluding hydrogens is 430 g/mol. The second kappa shape index (κ2) is 7.53. The summed E-state index contributed by atoms with van der Waals surface area (Å²) < 4.78 is 52.2. The fourth-order valence-electron chi connectivity index (χ4n) is 4.48. The molecule has 2 aliphatic rings. The zero-order chi connectivity index (χ0) is 22.5. The average molecular weight is 447 g/mol. The number of carbonyl (C=O) groups excluding carboxylic acids is 1. The van der Waals surface area contributed by atoms with E-state index in [9.17, 15) is 22.4 Å². The van der Waals surface area contributed by atoms with Crippen molar-refractivity contribution in [3.63, 3.8) is 0 Å². The third-order valence-electron chi connectivity index (χ3n) is 5.86. The number of benzene rings is 1. The van der Waals surface area contributed by atoms with Crippen LogP contribution in [0.25, 0.3) is 5.69 Å². The largest absolute Gasteiger partial charge is 0.419 e. The summed E-state index contributed by atoms with van der Waals surface area (Å²) in [6, 6.07) is 3.39. The van der Waals surface area contributed by atoms with E-state index < -0.39 is 17.6 Å². The fourth-order valence-corrected chi connectivity index (χ4v) is 4.48. The first-order valence-electron chi connectivity index (χ1n) is 9.92. The summed E-state index contributed by atoms with van der Waals surface area (Å²) in [7, 11) is 0. The van der Waals surface area contributed by atoms with Crippen molar-refractivity contribution in [3.8, 4) is 5.69 Å². The minimum atomic E-state index is -4.51. The maximum Gasteiger partial charge on any atom is 0.419 e. The third kappa shape index (κ3) is 3.65. The number of nitrogens with zero attached hydrogens (tertiary/aromatic N) is 6. The van der Waals surface area contributed by atoms with E-state index in [1.165, 1.54) is 29.3 Å². The van der Waals surface area contributed by atoms with Gasteiger partial charge in [-0.3, -0.25) is 4.79 Å². The van der Waals surface area contributed by atoms with Gasteiger partial charge >= 0.3 is 6.18 Å². The van der Waals surface area contributed by atoms with Crippen molar-refractivity contribution in [3.05, 3.63) is 59.9 Å². The van der Waals surface area contributed by atoms with Crippen molar-refractivity contribution in [2.24, 2.45) is 5.92 Å². The van der Waals surface area contributed by atoms with Gasteiger partial charge in [0.2, 0.25) is 5.95 Å². The number of amides is 1. The van der Waals surface area contributed by atoms with Crippen LogP contribution < -0.4 is 5.32 Å². The minimum Gasteiger partial charge on any atom is -0.349 e. The topological polar surface area (TPSA) is 88.8 Å². The van der Waals surface area contributed by atoms with Crippen LogP contribution in [0.3, 0.4) is 0 Å². The second-order valence-corrected chi connectivity index (χ2v) is 7.89. The second-order valence-electron chi connectivity index (χ2n) is 7.89. The highest BCUT2D eigenvalue weighted by Gasteiger charge is 2.47.